The van der Waals surface area contributed by atoms with E-state index in [2.05, 4.69) is 19.2 Å². The lowest BCUT2D eigenvalue weighted by Crippen LogP contribution is -2.48. The van der Waals surface area contributed by atoms with Gasteiger partial charge in [0.1, 0.15) is 0 Å². The van der Waals surface area contributed by atoms with Crippen LogP contribution < -0.4 is 5.32 Å². The van der Waals surface area contributed by atoms with Crippen molar-refractivity contribution in [3.8, 4) is 0 Å². The van der Waals surface area contributed by atoms with Crippen molar-refractivity contribution < 1.29 is 14.7 Å². The van der Waals surface area contributed by atoms with E-state index in [4.69, 9.17) is 5.11 Å². The molecule has 5 heteroatoms. The van der Waals surface area contributed by atoms with Gasteiger partial charge >= 0.3 is 12.0 Å². The molecule has 1 rings (SSSR count). The van der Waals surface area contributed by atoms with Crippen LogP contribution in [0.1, 0.15) is 40.0 Å². The molecule has 18 heavy (non-hydrogen) atoms. The van der Waals surface area contributed by atoms with E-state index in [-0.39, 0.29) is 23.8 Å². The smallest absolute Gasteiger partial charge is 0.317 e. The molecule has 1 aliphatic heterocycles. The Hall–Kier alpha value is -1.26. The van der Waals surface area contributed by atoms with E-state index in [1.165, 1.54) is 0 Å². The average molecular weight is 256 g/mol. The second kappa shape index (κ2) is 6.07. The van der Waals surface area contributed by atoms with Gasteiger partial charge in [0.15, 0.2) is 0 Å². The lowest BCUT2D eigenvalue weighted by molar-refractivity contribution is -0.137. The van der Waals surface area contributed by atoms with Crippen molar-refractivity contribution in [1.82, 2.24) is 10.2 Å². The summed E-state index contributed by atoms with van der Waals surface area (Å²) in [5.41, 5.74) is 0.183. The van der Waals surface area contributed by atoms with E-state index < -0.39 is 5.97 Å². The molecule has 0 spiro atoms. The molecule has 1 atom stereocenters. The van der Waals surface area contributed by atoms with E-state index in [0.29, 0.717) is 6.54 Å². The van der Waals surface area contributed by atoms with E-state index in [1.807, 2.05) is 11.8 Å². The van der Waals surface area contributed by atoms with Gasteiger partial charge in [0.25, 0.3) is 0 Å². The van der Waals surface area contributed by atoms with Crippen molar-refractivity contribution in [1.29, 1.82) is 0 Å². The summed E-state index contributed by atoms with van der Waals surface area (Å²) in [5.74, 6) is -0.861. The first-order valence-corrected chi connectivity index (χ1v) is 6.55. The molecular weight excluding hydrogens is 232 g/mol. The van der Waals surface area contributed by atoms with E-state index in [1.54, 1.807) is 0 Å². The van der Waals surface area contributed by atoms with Gasteiger partial charge in [-0.15, -0.1) is 0 Å². The van der Waals surface area contributed by atoms with Crippen LogP contribution in [0, 0.1) is 11.3 Å². The zero-order valence-electron chi connectivity index (χ0n) is 11.5. The number of carbonyl (C=O) groups is 2. The highest BCUT2D eigenvalue weighted by Crippen LogP contribution is 2.28. The summed E-state index contributed by atoms with van der Waals surface area (Å²) in [4.78, 5) is 24.3. The van der Waals surface area contributed by atoms with Gasteiger partial charge in [-0.3, -0.25) is 4.79 Å². The van der Waals surface area contributed by atoms with Gasteiger partial charge < -0.3 is 15.3 Å². The number of nitrogens with one attached hydrogen (secondary N) is 1. The zero-order valence-corrected chi connectivity index (χ0v) is 11.5. The predicted molar refractivity (Wildman–Crippen MR) is 69.4 cm³/mol. The summed E-state index contributed by atoms with van der Waals surface area (Å²) < 4.78 is 0. The molecule has 0 bridgehead atoms. The summed E-state index contributed by atoms with van der Waals surface area (Å²) in [6.45, 7) is 8.14. The Morgan fingerprint density at radius 1 is 1.44 bits per heavy atom. The highest BCUT2D eigenvalue weighted by Gasteiger charge is 2.29. The van der Waals surface area contributed by atoms with Crippen molar-refractivity contribution in [3.63, 3.8) is 0 Å². The van der Waals surface area contributed by atoms with Crippen molar-refractivity contribution in [2.24, 2.45) is 11.3 Å². The predicted octanol–water partition coefficient (Wildman–Crippen LogP) is 1.93. The number of urea groups is 1. The molecule has 1 saturated heterocycles. The Labute approximate surface area is 109 Å². The third-order valence-electron chi connectivity index (χ3n) is 3.31. The number of likely N-dealkylation sites (tertiary alicyclic amines) is 1. The summed E-state index contributed by atoms with van der Waals surface area (Å²) in [5, 5.41) is 11.5. The third-order valence-corrected chi connectivity index (χ3v) is 3.31. The molecule has 0 aromatic heterocycles. The van der Waals surface area contributed by atoms with Crippen LogP contribution in [-0.2, 0) is 4.79 Å². The maximum absolute atomic E-state index is 11.9. The molecule has 1 aliphatic rings. The number of hydrogen-bond donors (Lipinski definition) is 2. The zero-order chi connectivity index (χ0) is 13.8. The van der Waals surface area contributed by atoms with Crippen LogP contribution >= 0.6 is 0 Å². The Morgan fingerprint density at radius 3 is 2.67 bits per heavy atom. The Balaban J connectivity index is 2.34. The standard InChI is InChI=1S/C13H24N2O3/c1-10(7-11(16)17)8-14-12(18)15-6-4-5-13(2,3)9-15/h10H,4-9H2,1-3H3,(H,14,18)(H,16,17). The van der Waals surface area contributed by atoms with Crippen LogP contribution in [0.15, 0.2) is 0 Å². The number of hydrogen-bond acceptors (Lipinski definition) is 2. The molecule has 1 fully saturated rings. The quantitative estimate of drug-likeness (QED) is 0.807. The first kappa shape index (κ1) is 14.8. The number of piperidine rings is 1. The molecule has 0 aliphatic carbocycles. The topological polar surface area (TPSA) is 69.6 Å². The summed E-state index contributed by atoms with van der Waals surface area (Å²) >= 11 is 0. The van der Waals surface area contributed by atoms with E-state index >= 15 is 0 Å². The largest absolute Gasteiger partial charge is 0.481 e. The third kappa shape index (κ3) is 4.94. The van der Waals surface area contributed by atoms with Gasteiger partial charge in [-0.05, 0) is 24.2 Å². The second-order valence-corrected chi connectivity index (χ2v) is 6.08. The van der Waals surface area contributed by atoms with Crippen LogP contribution in [0.3, 0.4) is 0 Å². The van der Waals surface area contributed by atoms with Crippen molar-refractivity contribution in [2.45, 2.75) is 40.0 Å². The normalized spacial score (nSPS) is 20.3. The lowest BCUT2D eigenvalue weighted by Gasteiger charge is -2.38. The minimum absolute atomic E-state index is 0.0377. The molecule has 104 valence electrons. The Morgan fingerprint density at radius 2 is 2.11 bits per heavy atom. The van der Waals surface area contributed by atoms with E-state index in [9.17, 15) is 9.59 Å². The number of aliphatic carboxylic acids is 1. The van der Waals surface area contributed by atoms with Gasteiger partial charge in [-0.25, -0.2) is 4.79 Å². The fourth-order valence-corrected chi connectivity index (χ4v) is 2.34. The first-order valence-electron chi connectivity index (χ1n) is 6.55. The number of nitrogens with zero attached hydrogens (tertiary/aromatic N) is 1. The molecule has 0 aromatic carbocycles. The molecular formula is C13H24N2O3. The molecule has 0 aromatic rings. The molecule has 2 N–H and O–H groups in total. The monoisotopic (exact) mass is 256 g/mol. The van der Waals surface area contributed by atoms with Crippen molar-refractivity contribution >= 4 is 12.0 Å². The van der Waals surface area contributed by atoms with Crippen LogP contribution in [0.2, 0.25) is 0 Å². The van der Waals surface area contributed by atoms with Crippen LogP contribution in [0.5, 0.6) is 0 Å². The van der Waals surface area contributed by atoms with Crippen molar-refractivity contribution in [3.05, 3.63) is 0 Å². The van der Waals surface area contributed by atoms with Crippen molar-refractivity contribution in [2.75, 3.05) is 19.6 Å². The van der Waals surface area contributed by atoms with Gasteiger partial charge in [0.2, 0.25) is 0 Å². The minimum atomic E-state index is -0.823. The maximum Gasteiger partial charge on any atom is 0.317 e. The number of carboxylic acid groups (broad SMARTS) is 1. The van der Waals surface area contributed by atoms with E-state index in [0.717, 1.165) is 25.9 Å². The average Bonchev–Trinajstić information content (AvgIpc) is 2.23. The molecule has 0 saturated carbocycles. The summed E-state index contributed by atoms with van der Waals surface area (Å²) in [6, 6.07) is -0.0694. The van der Waals surface area contributed by atoms with Gasteiger partial charge in [-0.2, -0.15) is 0 Å². The van der Waals surface area contributed by atoms with Crippen LogP contribution in [-0.4, -0.2) is 41.6 Å². The second-order valence-electron chi connectivity index (χ2n) is 6.08. The highest BCUT2D eigenvalue weighted by molar-refractivity contribution is 5.74. The Bertz CT molecular complexity index is 315. The SMILES string of the molecule is CC(CNC(=O)N1CCCC(C)(C)C1)CC(=O)O. The molecule has 1 unspecified atom stereocenters. The fraction of sp³-hybridized carbons (Fsp3) is 0.846. The van der Waals surface area contributed by atoms with Gasteiger partial charge in [0, 0.05) is 26.1 Å². The Kier molecular flexibility index (Phi) is 4.99. The number of rotatable bonds is 4. The molecule has 1 heterocycles. The van der Waals surface area contributed by atoms with Gasteiger partial charge in [-0.1, -0.05) is 20.8 Å². The minimum Gasteiger partial charge on any atom is -0.481 e. The van der Waals surface area contributed by atoms with Crippen LogP contribution in [0.25, 0.3) is 0 Å². The number of amides is 2. The maximum atomic E-state index is 11.9. The van der Waals surface area contributed by atoms with Gasteiger partial charge in [0.05, 0.1) is 0 Å². The lowest BCUT2D eigenvalue weighted by atomic mass is 9.84. The molecule has 2 amide bonds. The highest BCUT2D eigenvalue weighted by atomic mass is 16.4. The number of carbonyl (C=O) groups excluding carboxylic acids is 1. The summed E-state index contributed by atoms with van der Waals surface area (Å²) in [6.07, 6.45) is 2.27. The summed E-state index contributed by atoms with van der Waals surface area (Å²) in [7, 11) is 0. The molecule has 0 radical (unpaired) electrons. The van der Waals surface area contributed by atoms with Crippen LogP contribution in [0.4, 0.5) is 4.79 Å². The fourth-order valence-electron chi connectivity index (χ4n) is 2.34. The molecule has 5 nitrogen and oxygen atoms in total. The number of carboxylic acids is 1. The first-order chi connectivity index (χ1) is 8.30.